The molecule has 0 unspecified atom stereocenters. The third kappa shape index (κ3) is 2.60. The molecule has 0 amide bonds. The molecule has 0 aliphatic heterocycles. The highest BCUT2D eigenvalue weighted by Gasteiger charge is 2.13. The Kier molecular flexibility index (Phi) is 4.18. The highest BCUT2D eigenvalue weighted by molar-refractivity contribution is 5.78. The maximum atomic E-state index is 10.8. The smallest absolute Gasteiger partial charge is 0.168 e. The second-order valence-electron chi connectivity index (χ2n) is 4.07. The van der Waals surface area contributed by atoms with Gasteiger partial charge in [0.05, 0.1) is 14.2 Å². The zero-order chi connectivity index (χ0) is 13.7. The summed E-state index contributed by atoms with van der Waals surface area (Å²) in [6.45, 7) is 0. The summed E-state index contributed by atoms with van der Waals surface area (Å²) in [4.78, 5) is 10.8. The first-order valence-corrected chi connectivity index (χ1v) is 6.04. The van der Waals surface area contributed by atoms with Gasteiger partial charge in [-0.2, -0.15) is 0 Å². The van der Waals surface area contributed by atoms with Crippen LogP contribution in [0.2, 0.25) is 0 Å². The van der Waals surface area contributed by atoms with Crippen LogP contribution < -0.4 is 9.47 Å². The van der Waals surface area contributed by atoms with E-state index in [0.29, 0.717) is 17.9 Å². The van der Waals surface area contributed by atoms with Crippen LogP contribution in [0.3, 0.4) is 0 Å². The van der Waals surface area contributed by atoms with Crippen LogP contribution in [0.25, 0.3) is 11.1 Å². The Morgan fingerprint density at radius 2 is 1.68 bits per heavy atom. The second kappa shape index (κ2) is 6.05. The fourth-order valence-corrected chi connectivity index (χ4v) is 2.15. The van der Waals surface area contributed by atoms with Crippen molar-refractivity contribution in [3.8, 4) is 22.6 Å². The standard InChI is InChI=1S/C16H16O3/c1-18-15-9-5-8-14(16(15)19-2)13-7-4-3-6-12(13)10-11-17/h3-9,11H,10H2,1-2H3. The SMILES string of the molecule is COc1cccc(-c2ccccc2CC=O)c1OC. The van der Waals surface area contributed by atoms with E-state index in [1.54, 1.807) is 14.2 Å². The molecule has 0 bridgehead atoms. The van der Waals surface area contributed by atoms with E-state index in [-0.39, 0.29) is 0 Å². The number of rotatable bonds is 5. The van der Waals surface area contributed by atoms with Crippen molar-refractivity contribution in [1.29, 1.82) is 0 Å². The third-order valence-electron chi connectivity index (χ3n) is 3.01. The van der Waals surface area contributed by atoms with Crippen molar-refractivity contribution in [2.45, 2.75) is 6.42 Å². The molecule has 98 valence electrons. The van der Waals surface area contributed by atoms with E-state index < -0.39 is 0 Å². The van der Waals surface area contributed by atoms with E-state index in [2.05, 4.69) is 0 Å². The van der Waals surface area contributed by atoms with Crippen molar-refractivity contribution in [3.63, 3.8) is 0 Å². The van der Waals surface area contributed by atoms with Crippen LogP contribution in [0.4, 0.5) is 0 Å². The Hall–Kier alpha value is -2.29. The molecule has 0 heterocycles. The molecular weight excluding hydrogens is 240 g/mol. The van der Waals surface area contributed by atoms with Crippen LogP contribution in [0, 0.1) is 0 Å². The molecular formula is C16H16O3. The monoisotopic (exact) mass is 256 g/mol. The van der Waals surface area contributed by atoms with Crippen LogP contribution in [0.15, 0.2) is 42.5 Å². The fourth-order valence-electron chi connectivity index (χ4n) is 2.15. The number of ether oxygens (including phenoxy) is 2. The van der Waals surface area contributed by atoms with Gasteiger partial charge in [-0.3, -0.25) is 0 Å². The topological polar surface area (TPSA) is 35.5 Å². The van der Waals surface area contributed by atoms with Crippen LogP contribution in [0.1, 0.15) is 5.56 Å². The molecule has 3 nitrogen and oxygen atoms in total. The molecule has 3 heteroatoms. The fraction of sp³-hybridized carbons (Fsp3) is 0.188. The van der Waals surface area contributed by atoms with Gasteiger partial charge in [0.15, 0.2) is 11.5 Å². The Morgan fingerprint density at radius 3 is 2.37 bits per heavy atom. The normalized spacial score (nSPS) is 10.0. The molecule has 0 spiro atoms. The Labute approximate surface area is 112 Å². The van der Waals surface area contributed by atoms with Crippen LogP contribution >= 0.6 is 0 Å². The summed E-state index contributed by atoms with van der Waals surface area (Å²) in [6.07, 6.45) is 1.29. The third-order valence-corrected chi connectivity index (χ3v) is 3.01. The van der Waals surface area contributed by atoms with Crippen LogP contribution in [-0.4, -0.2) is 20.5 Å². The van der Waals surface area contributed by atoms with Crippen molar-refractivity contribution >= 4 is 6.29 Å². The molecule has 0 N–H and O–H groups in total. The van der Waals surface area contributed by atoms with Gasteiger partial charge in [0.25, 0.3) is 0 Å². The summed E-state index contributed by atoms with van der Waals surface area (Å²) in [6, 6.07) is 13.5. The predicted octanol–water partition coefficient (Wildman–Crippen LogP) is 3.11. The van der Waals surface area contributed by atoms with E-state index in [9.17, 15) is 4.79 Å². The molecule has 0 fully saturated rings. The van der Waals surface area contributed by atoms with Gasteiger partial charge in [-0.05, 0) is 17.2 Å². The molecule has 19 heavy (non-hydrogen) atoms. The number of carbonyl (C=O) groups is 1. The van der Waals surface area contributed by atoms with Crippen LogP contribution in [0.5, 0.6) is 11.5 Å². The zero-order valence-corrected chi connectivity index (χ0v) is 11.1. The van der Waals surface area contributed by atoms with Crippen molar-refractivity contribution in [2.75, 3.05) is 14.2 Å². The number of hydrogen-bond acceptors (Lipinski definition) is 3. The molecule has 0 aliphatic rings. The van der Waals surface area contributed by atoms with E-state index in [1.165, 1.54) is 0 Å². The molecule has 2 rings (SSSR count). The van der Waals surface area contributed by atoms with E-state index >= 15 is 0 Å². The number of methoxy groups -OCH3 is 2. The van der Waals surface area contributed by atoms with Crippen molar-refractivity contribution < 1.29 is 14.3 Å². The van der Waals surface area contributed by atoms with E-state index in [4.69, 9.17) is 9.47 Å². The molecule has 0 aromatic heterocycles. The number of carbonyl (C=O) groups excluding carboxylic acids is 1. The molecule has 0 saturated carbocycles. The average molecular weight is 256 g/mol. The number of hydrogen-bond donors (Lipinski definition) is 0. The summed E-state index contributed by atoms with van der Waals surface area (Å²) in [7, 11) is 3.22. The van der Waals surface area contributed by atoms with Gasteiger partial charge < -0.3 is 14.3 Å². The van der Waals surface area contributed by atoms with Gasteiger partial charge in [0, 0.05) is 12.0 Å². The van der Waals surface area contributed by atoms with Gasteiger partial charge in [0.1, 0.15) is 6.29 Å². The Balaban J connectivity index is 2.61. The van der Waals surface area contributed by atoms with Crippen molar-refractivity contribution in [2.24, 2.45) is 0 Å². The Morgan fingerprint density at radius 1 is 0.947 bits per heavy atom. The average Bonchev–Trinajstić information content (AvgIpc) is 2.47. The zero-order valence-electron chi connectivity index (χ0n) is 11.1. The lowest BCUT2D eigenvalue weighted by Crippen LogP contribution is -1.96. The highest BCUT2D eigenvalue weighted by Crippen LogP contribution is 2.39. The molecule has 0 atom stereocenters. The second-order valence-corrected chi connectivity index (χ2v) is 4.07. The lowest BCUT2D eigenvalue weighted by Gasteiger charge is -2.14. The summed E-state index contributed by atoms with van der Waals surface area (Å²) >= 11 is 0. The first-order valence-electron chi connectivity index (χ1n) is 6.04. The molecule has 0 saturated heterocycles. The maximum absolute atomic E-state index is 10.8. The minimum Gasteiger partial charge on any atom is -0.493 e. The molecule has 0 aliphatic carbocycles. The largest absolute Gasteiger partial charge is 0.493 e. The highest BCUT2D eigenvalue weighted by atomic mass is 16.5. The van der Waals surface area contributed by atoms with Gasteiger partial charge in [0.2, 0.25) is 0 Å². The predicted molar refractivity (Wildman–Crippen MR) is 74.8 cm³/mol. The van der Waals surface area contributed by atoms with E-state index in [0.717, 1.165) is 23.0 Å². The molecule has 2 aromatic carbocycles. The molecule has 2 aromatic rings. The van der Waals surface area contributed by atoms with Gasteiger partial charge in [-0.15, -0.1) is 0 Å². The van der Waals surface area contributed by atoms with E-state index in [1.807, 2.05) is 42.5 Å². The lowest BCUT2D eigenvalue weighted by atomic mass is 9.97. The minimum absolute atomic E-state index is 0.385. The number of benzene rings is 2. The summed E-state index contributed by atoms with van der Waals surface area (Å²) in [5.74, 6) is 1.37. The Bertz CT molecular complexity index is 576. The minimum atomic E-state index is 0.385. The number of para-hydroxylation sites is 1. The van der Waals surface area contributed by atoms with Gasteiger partial charge in [-0.1, -0.05) is 36.4 Å². The lowest BCUT2D eigenvalue weighted by molar-refractivity contribution is -0.107. The number of aldehydes is 1. The van der Waals surface area contributed by atoms with Crippen molar-refractivity contribution in [3.05, 3.63) is 48.0 Å². The quantitative estimate of drug-likeness (QED) is 0.771. The first kappa shape index (κ1) is 13.1. The van der Waals surface area contributed by atoms with Crippen molar-refractivity contribution in [1.82, 2.24) is 0 Å². The summed E-state index contributed by atoms with van der Waals surface area (Å²) in [5.41, 5.74) is 2.90. The summed E-state index contributed by atoms with van der Waals surface area (Å²) < 4.78 is 10.7. The first-order chi connectivity index (χ1) is 9.31. The summed E-state index contributed by atoms with van der Waals surface area (Å²) in [5, 5.41) is 0. The molecule has 0 radical (unpaired) electrons. The van der Waals surface area contributed by atoms with Gasteiger partial charge in [-0.25, -0.2) is 0 Å². The van der Waals surface area contributed by atoms with Crippen LogP contribution in [-0.2, 0) is 11.2 Å². The maximum Gasteiger partial charge on any atom is 0.168 e. The van der Waals surface area contributed by atoms with Gasteiger partial charge >= 0.3 is 0 Å².